The number of benzene rings is 2. The van der Waals surface area contributed by atoms with Crippen LogP contribution in [0.2, 0.25) is 0 Å². The van der Waals surface area contributed by atoms with E-state index in [1.165, 1.54) is 0 Å². The topological polar surface area (TPSA) is 75.3 Å². The van der Waals surface area contributed by atoms with Gasteiger partial charge in [-0.2, -0.15) is 0 Å². The highest BCUT2D eigenvalue weighted by atomic mass is 32.2. The van der Waals surface area contributed by atoms with E-state index in [-0.39, 0.29) is 10.6 Å². The zero-order valence-corrected chi connectivity index (χ0v) is 15.8. The molecule has 27 heavy (non-hydrogen) atoms. The summed E-state index contributed by atoms with van der Waals surface area (Å²) in [5, 5.41) is 2.20. The number of amides is 1. The maximum Gasteiger partial charge on any atom is 0.258 e. The summed E-state index contributed by atoms with van der Waals surface area (Å²) in [5.41, 5.74) is -1.38. The molecule has 1 amide bonds. The third-order valence-corrected chi connectivity index (χ3v) is 5.66. The number of carbonyl (C=O) groups excluding carboxylic acids is 1. The molecule has 0 spiro atoms. The molecule has 0 aliphatic carbocycles. The normalized spacial score (nSPS) is 12.1. The van der Waals surface area contributed by atoms with Crippen LogP contribution in [0.1, 0.15) is 37.6 Å². The average Bonchev–Trinajstić information content (AvgIpc) is 2.57. The lowest BCUT2D eigenvalue weighted by Gasteiger charge is -2.24. The van der Waals surface area contributed by atoms with Crippen LogP contribution in [-0.2, 0) is 10.0 Å². The van der Waals surface area contributed by atoms with E-state index >= 15 is 0 Å². The Bertz CT molecular complexity index is 976. The molecule has 0 radical (unpaired) electrons. The van der Waals surface area contributed by atoms with Gasteiger partial charge in [-0.3, -0.25) is 4.79 Å². The van der Waals surface area contributed by atoms with Crippen LogP contribution in [0.3, 0.4) is 0 Å². The van der Waals surface area contributed by atoms with E-state index in [0.29, 0.717) is 6.42 Å². The Hall–Kier alpha value is -2.39. The van der Waals surface area contributed by atoms with Gasteiger partial charge >= 0.3 is 0 Å². The van der Waals surface area contributed by atoms with Crippen molar-refractivity contribution in [2.45, 2.75) is 37.6 Å². The Morgan fingerprint density at radius 1 is 1.00 bits per heavy atom. The van der Waals surface area contributed by atoms with Crippen LogP contribution in [0.5, 0.6) is 0 Å². The monoisotopic (exact) mass is 400 g/mol. The molecule has 0 unspecified atom stereocenters. The zero-order chi connectivity index (χ0) is 20.4. The van der Waals surface area contributed by atoms with Crippen molar-refractivity contribution in [2.75, 3.05) is 5.32 Å². The van der Waals surface area contributed by atoms with Crippen molar-refractivity contribution < 1.29 is 26.4 Å². The van der Waals surface area contributed by atoms with Crippen molar-refractivity contribution in [3.63, 3.8) is 0 Å². The maximum atomic E-state index is 14.0. The first-order valence-corrected chi connectivity index (χ1v) is 9.53. The van der Waals surface area contributed by atoms with Crippen LogP contribution < -0.4 is 10.0 Å². The fraction of sp³-hybridized carbons (Fsp3) is 0.278. The summed E-state index contributed by atoms with van der Waals surface area (Å²) >= 11 is 0. The second kappa shape index (κ2) is 7.69. The predicted octanol–water partition coefficient (Wildman–Crippen LogP) is 3.82. The fourth-order valence-electron chi connectivity index (χ4n) is 2.11. The lowest BCUT2D eigenvalue weighted by Crippen LogP contribution is -2.42. The molecule has 0 aliphatic rings. The number of anilines is 1. The van der Waals surface area contributed by atoms with E-state index in [2.05, 4.69) is 10.0 Å². The van der Waals surface area contributed by atoms with Gasteiger partial charge in [0.25, 0.3) is 5.91 Å². The standard InChI is InChI=1S/C18H19F3N2O3S/c1-4-18(2,3)23-27(25,26)12-6-8-14(19)13(10-12)17(24)22-11-5-7-15(20)16(21)9-11/h5-10,23H,4H2,1-3H3,(H,22,24). The van der Waals surface area contributed by atoms with Crippen LogP contribution in [0.15, 0.2) is 41.3 Å². The Morgan fingerprint density at radius 3 is 2.22 bits per heavy atom. The van der Waals surface area contributed by atoms with Gasteiger partial charge in [-0.05, 0) is 50.6 Å². The summed E-state index contributed by atoms with van der Waals surface area (Å²) in [6, 6.07) is 5.42. The molecular weight excluding hydrogens is 381 g/mol. The number of sulfonamides is 1. The van der Waals surface area contributed by atoms with Crippen molar-refractivity contribution in [3.05, 3.63) is 59.4 Å². The van der Waals surface area contributed by atoms with Gasteiger partial charge in [0.05, 0.1) is 10.5 Å². The van der Waals surface area contributed by atoms with Crippen molar-refractivity contribution in [2.24, 2.45) is 0 Å². The summed E-state index contributed by atoms with van der Waals surface area (Å²) in [5.74, 6) is -4.23. The Morgan fingerprint density at radius 2 is 1.63 bits per heavy atom. The minimum atomic E-state index is -3.99. The van der Waals surface area contributed by atoms with Crippen LogP contribution in [0.25, 0.3) is 0 Å². The van der Waals surface area contributed by atoms with Gasteiger partial charge < -0.3 is 5.32 Å². The molecule has 0 heterocycles. The quantitative estimate of drug-likeness (QED) is 0.774. The lowest BCUT2D eigenvalue weighted by molar-refractivity contribution is 0.102. The highest BCUT2D eigenvalue weighted by molar-refractivity contribution is 7.89. The molecular formula is C18H19F3N2O3S. The van der Waals surface area contributed by atoms with Gasteiger partial charge in [0.1, 0.15) is 5.82 Å². The van der Waals surface area contributed by atoms with Gasteiger partial charge in [-0.15, -0.1) is 0 Å². The molecule has 2 aromatic rings. The number of hydrogen-bond donors (Lipinski definition) is 2. The van der Waals surface area contributed by atoms with Gasteiger partial charge in [-0.1, -0.05) is 6.92 Å². The summed E-state index contributed by atoms with van der Waals surface area (Å²) in [6.45, 7) is 5.17. The SMILES string of the molecule is CCC(C)(C)NS(=O)(=O)c1ccc(F)c(C(=O)Nc2ccc(F)c(F)c2)c1. The smallest absolute Gasteiger partial charge is 0.258 e. The zero-order valence-electron chi connectivity index (χ0n) is 14.9. The third-order valence-electron chi connectivity index (χ3n) is 3.96. The first-order chi connectivity index (χ1) is 12.4. The van der Waals surface area contributed by atoms with Crippen LogP contribution >= 0.6 is 0 Å². The second-order valence-corrected chi connectivity index (χ2v) is 8.25. The molecule has 2 aromatic carbocycles. The van der Waals surface area contributed by atoms with Crippen molar-refractivity contribution >= 4 is 21.6 Å². The molecule has 146 valence electrons. The molecule has 0 saturated heterocycles. The molecule has 9 heteroatoms. The summed E-state index contributed by atoms with van der Waals surface area (Å²) in [6.07, 6.45) is 0.511. The third kappa shape index (κ3) is 5.08. The maximum absolute atomic E-state index is 14.0. The predicted molar refractivity (Wildman–Crippen MR) is 95.4 cm³/mol. The van der Waals surface area contributed by atoms with Crippen molar-refractivity contribution in [1.29, 1.82) is 0 Å². The van der Waals surface area contributed by atoms with Gasteiger partial charge in [0.15, 0.2) is 11.6 Å². The van der Waals surface area contributed by atoms with E-state index in [1.54, 1.807) is 20.8 Å². The lowest BCUT2D eigenvalue weighted by atomic mass is 10.0. The average molecular weight is 400 g/mol. The fourth-order valence-corrected chi connectivity index (χ4v) is 3.62. The minimum Gasteiger partial charge on any atom is -0.322 e. The van der Waals surface area contributed by atoms with Crippen LogP contribution in [-0.4, -0.2) is 19.9 Å². The molecule has 0 aliphatic heterocycles. The molecule has 0 atom stereocenters. The van der Waals surface area contributed by atoms with E-state index in [4.69, 9.17) is 0 Å². The number of halogens is 3. The highest BCUT2D eigenvalue weighted by Gasteiger charge is 2.26. The highest BCUT2D eigenvalue weighted by Crippen LogP contribution is 2.20. The van der Waals surface area contributed by atoms with E-state index in [1.807, 2.05) is 0 Å². The summed E-state index contributed by atoms with van der Waals surface area (Å²) in [4.78, 5) is 12.0. The minimum absolute atomic E-state index is 0.100. The molecule has 0 fully saturated rings. The molecule has 2 N–H and O–H groups in total. The molecule has 2 rings (SSSR count). The Labute approximate surface area is 155 Å². The molecule has 0 saturated carbocycles. The number of nitrogens with one attached hydrogen (secondary N) is 2. The van der Waals surface area contributed by atoms with E-state index < -0.39 is 44.5 Å². The molecule has 0 aromatic heterocycles. The number of rotatable bonds is 6. The number of carbonyl (C=O) groups is 1. The van der Waals surface area contributed by atoms with E-state index in [0.717, 1.165) is 36.4 Å². The Balaban J connectivity index is 2.33. The van der Waals surface area contributed by atoms with Crippen LogP contribution in [0, 0.1) is 17.5 Å². The van der Waals surface area contributed by atoms with Crippen molar-refractivity contribution in [3.8, 4) is 0 Å². The van der Waals surface area contributed by atoms with Gasteiger partial charge in [-0.25, -0.2) is 26.3 Å². The van der Waals surface area contributed by atoms with E-state index in [9.17, 15) is 26.4 Å². The summed E-state index contributed by atoms with van der Waals surface area (Å²) in [7, 11) is -3.99. The number of hydrogen-bond acceptors (Lipinski definition) is 3. The molecule has 0 bridgehead atoms. The van der Waals surface area contributed by atoms with Gasteiger partial charge in [0.2, 0.25) is 10.0 Å². The van der Waals surface area contributed by atoms with Crippen LogP contribution in [0.4, 0.5) is 18.9 Å². The van der Waals surface area contributed by atoms with Gasteiger partial charge in [0, 0.05) is 17.3 Å². The largest absolute Gasteiger partial charge is 0.322 e. The summed E-state index contributed by atoms with van der Waals surface area (Å²) < 4.78 is 67.7. The Kier molecular flexibility index (Phi) is 5.96. The van der Waals surface area contributed by atoms with Crippen molar-refractivity contribution in [1.82, 2.24) is 4.72 Å². The second-order valence-electron chi connectivity index (χ2n) is 6.57. The first kappa shape index (κ1) is 20.9. The molecule has 5 nitrogen and oxygen atoms in total. The first-order valence-electron chi connectivity index (χ1n) is 8.05.